The Labute approximate surface area is 109 Å². The van der Waals surface area contributed by atoms with Gasteiger partial charge in [-0.25, -0.2) is 4.39 Å². The number of ether oxygens (including phenoxy) is 1. The highest BCUT2D eigenvalue weighted by Crippen LogP contribution is 2.16. The largest absolute Gasteiger partial charge is 0.378 e. The van der Waals surface area contributed by atoms with E-state index < -0.39 is 0 Å². The molecular weight excluding hydrogens is 247 g/mol. The molecule has 4 nitrogen and oxygen atoms in total. The predicted molar refractivity (Wildman–Crippen MR) is 68.4 cm³/mol. The zero-order chi connectivity index (χ0) is 13.2. The molecule has 3 rings (SSSR count). The summed E-state index contributed by atoms with van der Waals surface area (Å²) in [4.78, 5) is 18.2. The zero-order valence-corrected chi connectivity index (χ0v) is 10.3. The summed E-state index contributed by atoms with van der Waals surface area (Å²) in [7, 11) is 0. The van der Waals surface area contributed by atoms with Crippen LogP contribution < -0.4 is 0 Å². The van der Waals surface area contributed by atoms with Crippen LogP contribution in [0.1, 0.15) is 10.4 Å². The van der Waals surface area contributed by atoms with Gasteiger partial charge in [0.05, 0.1) is 24.3 Å². The molecular formula is C14H13FN2O2. The molecule has 2 heterocycles. The van der Waals surface area contributed by atoms with Gasteiger partial charge in [-0.15, -0.1) is 0 Å². The van der Waals surface area contributed by atoms with Crippen LogP contribution in [0.15, 0.2) is 30.5 Å². The lowest BCUT2D eigenvalue weighted by molar-refractivity contribution is 0.0303. The molecule has 0 spiro atoms. The van der Waals surface area contributed by atoms with Crippen molar-refractivity contribution < 1.29 is 13.9 Å². The van der Waals surface area contributed by atoms with Crippen molar-refractivity contribution in [2.75, 3.05) is 26.3 Å². The molecule has 0 N–H and O–H groups in total. The minimum atomic E-state index is -0.328. The summed E-state index contributed by atoms with van der Waals surface area (Å²) < 4.78 is 18.4. The summed E-state index contributed by atoms with van der Waals surface area (Å²) in [6.07, 6.45) is 1.54. The van der Waals surface area contributed by atoms with Gasteiger partial charge in [0, 0.05) is 24.7 Å². The average molecular weight is 260 g/mol. The Morgan fingerprint density at radius 1 is 1.26 bits per heavy atom. The summed E-state index contributed by atoms with van der Waals surface area (Å²) >= 11 is 0. The first kappa shape index (κ1) is 12.0. The van der Waals surface area contributed by atoms with E-state index in [1.807, 2.05) is 0 Å². The first-order valence-electron chi connectivity index (χ1n) is 6.16. The fourth-order valence-electron chi connectivity index (χ4n) is 2.17. The van der Waals surface area contributed by atoms with Crippen molar-refractivity contribution in [3.8, 4) is 0 Å². The maximum absolute atomic E-state index is 13.2. The van der Waals surface area contributed by atoms with E-state index in [9.17, 15) is 9.18 Å². The van der Waals surface area contributed by atoms with Gasteiger partial charge in [-0.05, 0) is 24.3 Å². The number of hydrogen-bond acceptors (Lipinski definition) is 3. The van der Waals surface area contributed by atoms with Crippen molar-refractivity contribution in [3.63, 3.8) is 0 Å². The Kier molecular flexibility index (Phi) is 3.13. The van der Waals surface area contributed by atoms with Crippen LogP contribution in [-0.4, -0.2) is 42.1 Å². The second-order valence-electron chi connectivity index (χ2n) is 4.47. The molecule has 19 heavy (non-hydrogen) atoms. The molecule has 0 bridgehead atoms. The van der Waals surface area contributed by atoms with Gasteiger partial charge in [-0.1, -0.05) is 0 Å². The van der Waals surface area contributed by atoms with Crippen molar-refractivity contribution >= 4 is 16.8 Å². The van der Waals surface area contributed by atoms with Crippen molar-refractivity contribution in [2.45, 2.75) is 0 Å². The summed E-state index contributed by atoms with van der Waals surface area (Å²) in [6, 6.07) is 6.04. The van der Waals surface area contributed by atoms with Crippen LogP contribution in [-0.2, 0) is 4.74 Å². The highest BCUT2D eigenvalue weighted by Gasteiger charge is 2.18. The Hall–Kier alpha value is -2.01. The lowest BCUT2D eigenvalue weighted by Crippen LogP contribution is -2.40. The standard InChI is InChI=1S/C14H13FN2O2/c15-12-1-2-13-10(8-12)7-11(9-16-13)14(18)17-3-5-19-6-4-17/h1-2,7-9H,3-6H2. The van der Waals surface area contributed by atoms with Crippen molar-refractivity contribution in [2.24, 2.45) is 0 Å². The number of aromatic nitrogens is 1. The van der Waals surface area contributed by atoms with E-state index in [4.69, 9.17) is 4.74 Å². The third-order valence-corrected chi connectivity index (χ3v) is 3.19. The highest BCUT2D eigenvalue weighted by atomic mass is 19.1. The quantitative estimate of drug-likeness (QED) is 0.785. The fraction of sp³-hybridized carbons (Fsp3) is 0.286. The maximum Gasteiger partial charge on any atom is 0.255 e. The van der Waals surface area contributed by atoms with Crippen LogP contribution >= 0.6 is 0 Å². The average Bonchev–Trinajstić information content (AvgIpc) is 2.46. The Balaban J connectivity index is 1.93. The number of rotatable bonds is 1. The van der Waals surface area contributed by atoms with Crippen LogP contribution in [0.4, 0.5) is 4.39 Å². The minimum Gasteiger partial charge on any atom is -0.378 e. The summed E-state index contributed by atoms with van der Waals surface area (Å²) in [5.74, 6) is -0.410. The molecule has 0 radical (unpaired) electrons. The molecule has 1 aromatic carbocycles. The van der Waals surface area contributed by atoms with Crippen LogP contribution in [0.2, 0.25) is 0 Å². The molecule has 1 aliphatic heterocycles. The molecule has 1 amide bonds. The Morgan fingerprint density at radius 3 is 2.84 bits per heavy atom. The van der Waals surface area contributed by atoms with Gasteiger partial charge in [0.15, 0.2) is 0 Å². The van der Waals surface area contributed by atoms with Crippen LogP contribution in [0.25, 0.3) is 10.9 Å². The number of carbonyl (C=O) groups is 1. The number of benzene rings is 1. The number of nitrogens with zero attached hydrogens (tertiary/aromatic N) is 2. The molecule has 0 atom stereocenters. The molecule has 0 aliphatic carbocycles. The van der Waals surface area contributed by atoms with Gasteiger partial charge in [0.1, 0.15) is 5.82 Å². The van der Waals surface area contributed by atoms with Crippen molar-refractivity contribution in [3.05, 3.63) is 41.8 Å². The molecule has 98 valence electrons. The van der Waals surface area contributed by atoms with E-state index in [0.717, 1.165) is 0 Å². The second-order valence-corrected chi connectivity index (χ2v) is 4.47. The van der Waals surface area contributed by atoms with Crippen molar-refractivity contribution in [1.82, 2.24) is 9.88 Å². The van der Waals surface area contributed by atoms with Gasteiger partial charge < -0.3 is 9.64 Å². The van der Waals surface area contributed by atoms with Crippen LogP contribution in [0, 0.1) is 5.82 Å². The van der Waals surface area contributed by atoms with Gasteiger partial charge in [0.2, 0.25) is 0 Å². The number of carbonyl (C=O) groups excluding carboxylic acids is 1. The van der Waals surface area contributed by atoms with Gasteiger partial charge in [-0.3, -0.25) is 9.78 Å². The number of morpholine rings is 1. The lowest BCUT2D eigenvalue weighted by Gasteiger charge is -2.26. The minimum absolute atomic E-state index is 0.0815. The molecule has 1 aromatic heterocycles. The normalized spacial score (nSPS) is 15.7. The van der Waals surface area contributed by atoms with E-state index in [-0.39, 0.29) is 11.7 Å². The van der Waals surface area contributed by atoms with E-state index in [0.29, 0.717) is 42.8 Å². The highest BCUT2D eigenvalue weighted by molar-refractivity contribution is 5.97. The molecule has 0 unspecified atom stereocenters. The van der Waals surface area contributed by atoms with E-state index in [1.165, 1.54) is 18.3 Å². The lowest BCUT2D eigenvalue weighted by atomic mass is 10.1. The van der Waals surface area contributed by atoms with Crippen LogP contribution in [0.5, 0.6) is 0 Å². The smallest absolute Gasteiger partial charge is 0.255 e. The number of amides is 1. The molecule has 1 saturated heterocycles. The molecule has 2 aromatic rings. The number of halogens is 1. The number of hydrogen-bond donors (Lipinski definition) is 0. The number of fused-ring (bicyclic) bond motifs is 1. The molecule has 1 fully saturated rings. The Morgan fingerprint density at radius 2 is 2.05 bits per heavy atom. The van der Waals surface area contributed by atoms with E-state index in [2.05, 4.69) is 4.98 Å². The molecule has 1 aliphatic rings. The zero-order valence-electron chi connectivity index (χ0n) is 10.3. The first-order valence-corrected chi connectivity index (χ1v) is 6.16. The number of pyridine rings is 1. The van der Waals surface area contributed by atoms with E-state index in [1.54, 1.807) is 17.0 Å². The van der Waals surface area contributed by atoms with Gasteiger partial charge >= 0.3 is 0 Å². The fourth-order valence-corrected chi connectivity index (χ4v) is 2.17. The summed E-state index contributed by atoms with van der Waals surface area (Å²) in [5, 5.41) is 0.638. The second kappa shape index (κ2) is 4.93. The predicted octanol–water partition coefficient (Wildman–Crippen LogP) is 1.85. The van der Waals surface area contributed by atoms with Crippen molar-refractivity contribution in [1.29, 1.82) is 0 Å². The maximum atomic E-state index is 13.2. The summed E-state index contributed by atoms with van der Waals surface area (Å²) in [6.45, 7) is 2.28. The first-order chi connectivity index (χ1) is 9.24. The SMILES string of the molecule is O=C(c1cnc2ccc(F)cc2c1)N1CCOCC1. The monoisotopic (exact) mass is 260 g/mol. The van der Waals surface area contributed by atoms with Crippen LogP contribution in [0.3, 0.4) is 0 Å². The third kappa shape index (κ3) is 2.42. The molecule has 0 saturated carbocycles. The van der Waals surface area contributed by atoms with Gasteiger partial charge in [0.25, 0.3) is 5.91 Å². The third-order valence-electron chi connectivity index (χ3n) is 3.19. The van der Waals surface area contributed by atoms with E-state index >= 15 is 0 Å². The molecule has 5 heteroatoms. The van der Waals surface area contributed by atoms with Gasteiger partial charge in [-0.2, -0.15) is 0 Å². The Bertz CT molecular complexity index is 624. The topological polar surface area (TPSA) is 42.4 Å². The summed E-state index contributed by atoms with van der Waals surface area (Å²) in [5.41, 5.74) is 1.17.